The van der Waals surface area contributed by atoms with Gasteiger partial charge >= 0.3 is 6.18 Å². The Labute approximate surface area is 190 Å². The van der Waals surface area contributed by atoms with E-state index in [-0.39, 0.29) is 31.0 Å². The molecule has 0 unspecified atom stereocenters. The van der Waals surface area contributed by atoms with E-state index in [2.05, 4.69) is 11.4 Å². The van der Waals surface area contributed by atoms with Gasteiger partial charge in [-0.05, 0) is 66.1 Å². The van der Waals surface area contributed by atoms with Gasteiger partial charge in [0.05, 0.1) is 17.5 Å². The second kappa shape index (κ2) is 8.70. The smallest absolute Gasteiger partial charge is 0.326 e. The fraction of sp³-hybridized carbons (Fsp3) is 0.292. The molecule has 0 fully saturated rings. The van der Waals surface area contributed by atoms with E-state index >= 15 is 0 Å². The van der Waals surface area contributed by atoms with E-state index in [0.29, 0.717) is 5.69 Å². The molecular formula is C24H23F3N2O3S. The predicted octanol–water partition coefficient (Wildman–Crippen LogP) is 5.14. The zero-order valence-electron chi connectivity index (χ0n) is 17.9. The number of amides is 1. The standard InChI is InChI=1S/C24H23F3N2O3S/c1-33(31,32)29(19-12-10-18(11-13-19)24(25,26)27)15-3-6-22(30)28-21-14-9-17-8-7-16-4-2-5-20(21)23(16)17/h2,4-5,9-14H,3,6-8,15H2,1H3,(H,28,30). The van der Waals surface area contributed by atoms with Crippen LogP contribution in [-0.4, -0.2) is 27.1 Å². The Morgan fingerprint density at radius 2 is 1.67 bits per heavy atom. The molecule has 0 bridgehead atoms. The SMILES string of the molecule is CS(=O)(=O)N(CCCC(=O)Nc1ccc2c3c(cccc13)CC2)c1ccc(C(F)(F)F)cc1. The first-order chi connectivity index (χ1) is 15.5. The summed E-state index contributed by atoms with van der Waals surface area (Å²) in [5, 5.41) is 5.08. The maximum absolute atomic E-state index is 12.8. The predicted molar refractivity (Wildman–Crippen MR) is 123 cm³/mol. The lowest BCUT2D eigenvalue weighted by molar-refractivity contribution is -0.137. The summed E-state index contributed by atoms with van der Waals surface area (Å²) in [7, 11) is -3.73. The highest BCUT2D eigenvalue weighted by molar-refractivity contribution is 7.92. The van der Waals surface area contributed by atoms with Crippen molar-refractivity contribution in [1.29, 1.82) is 0 Å². The van der Waals surface area contributed by atoms with Crippen molar-refractivity contribution >= 4 is 38.1 Å². The number of hydrogen-bond donors (Lipinski definition) is 1. The molecule has 1 amide bonds. The minimum Gasteiger partial charge on any atom is -0.326 e. The molecule has 0 spiro atoms. The van der Waals surface area contributed by atoms with Gasteiger partial charge in [0.2, 0.25) is 15.9 Å². The summed E-state index contributed by atoms with van der Waals surface area (Å²) in [4.78, 5) is 12.6. The van der Waals surface area contributed by atoms with Crippen molar-refractivity contribution in [2.45, 2.75) is 31.9 Å². The summed E-state index contributed by atoms with van der Waals surface area (Å²) < 4.78 is 63.8. The van der Waals surface area contributed by atoms with Gasteiger partial charge in [-0.25, -0.2) is 8.42 Å². The van der Waals surface area contributed by atoms with Crippen LogP contribution in [0, 0.1) is 0 Å². The molecule has 9 heteroatoms. The second-order valence-corrected chi connectivity index (χ2v) is 10.1. The van der Waals surface area contributed by atoms with Crippen LogP contribution in [0.5, 0.6) is 0 Å². The van der Waals surface area contributed by atoms with Gasteiger partial charge < -0.3 is 5.32 Å². The van der Waals surface area contributed by atoms with Crippen molar-refractivity contribution in [3.8, 4) is 0 Å². The average Bonchev–Trinajstić information content (AvgIpc) is 3.16. The number of nitrogens with zero attached hydrogens (tertiary/aromatic N) is 1. The average molecular weight is 477 g/mol. The van der Waals surface area contributed by atoms with E-state index in [1.165, 1.54) is 16.5 Å². The summed E-state index contributed by atoms with van der Waals surface area (Å²) in [6.07, 6.45) is -1.28. The molecule has 0 saturated carbocycles. The number of nitrogens with one attached hydrogen (secondary N) is 1. The van der Waals surface area contributed by atoms with Crippen LogP contribution in [-0.2, 0) is 33.8 Å². The first-order valence-electron chi connectivity index (χ1n) is 10.5. The number of sulfonamides is 1. The summed E-state index contributed by atoms with van der Waals surface area (Å²) >= 11 is 0. The minimum atomic E-state index is -4.50. The number of benzene rings is 3. The summed E-state index contributed by atoms with van der Waals surface area (Å²) in [5.74, 6) is -0.255. The third-order valence-electron chi connectivity index (χ3n) is 5.80. The fourth-order valence-corrected chi connectivity index (χ4v) is 5.22. The normalized spacial score (nSPS) is 13.3. The van der Waals surface area contributed by atoms with Crippen LogP contribution in [0.2, 0.25) is 0 Å². The van der Waals surface area contributed by atoms with Crippen molar-refractivity contribution in [2.24, 2.45) is 0 Å². The van der Waals surface area contributed by atoms with Crippen LogP contribution in [0.3, 0.4) is 0 Å². The van der Waals surface area contributed by atoms with E-state index in [4.69, 9.17) is 0 Å². The molecular weight excluding hydrogens is 453 g/mol. The number of anilines is 2. The first-order valence-corrected chi connectivity index (χ1v) is 12.4. The van der Waals surface area contributed by atoms with E-state index < -0.39 is 21.8 Å². The van der Waals surface area contributed by atoms with Crippen molar-refractivity contribution in [3.63, 3.8) is 0 Å². The fourth-order valence-electron chi connectivity index (χ4n) is 4.25. The van der Waals surface area contributed by atoms with E-state index in [1.807, 2.05) is 24.3 Å². The van der Waals surface area contributed by atoms with Crippen molar-refractivity contribution in [3.05, 3.63) is 71.3 Å². The molecule has 3 aromatic rings. The lowest BCUT2D eigenvalue weighted by atomic mass is 10.0. The number of carbonyl (C=O) groups excluding carboxylic acids is 1. The van der Waals surface area contributed by atoms with Gasteiger partial charge in [-0.1, -0.05) is 24.3 Å². The van der Waals surface area contributed by atoms with Gasteiger partial charge in [0, 0.05) is 24.0 Å². The Balaban J connectivity index is 1.42. The van der Waals surface area contributed by atoms with Crippen molar-refractivity contribution < 1.29 is 26.4 Å². The number of alkyl halides is 3. The largest absolute Gasteiger partial charge is 0.416 e. The molecule has 33 heavy (non-hydrogen) atoms. The van der Waals surface area contributed by atoms with Crippen LogP contribution < -0.4 is 9.62 Å². The van der Waals surface area contributed by atoms with Crippen LogP contribution in [0.15, 0.2) is 54.6 Å². The molecule has 1 aliphatic rings. The van der Waals surface area contributed by atoms with Crippen LogP contribution in [0.25, 0.3) is 10.8 Å². The highest BCUT2D eigenvalue weighted by Crippen LogP contribution is 2.35. The second-order valence-electron chi connectivity index (χ2n) is 8.14. The zero-order valence-corrected chi connectivity index (χ0v) is 18.8. The van der Waals surface area contributed by atoms with Crippen molar-refractivity contribution in [1.82, 2.24) is 0 Å². The number of carbonyl (C=O) groups is 1. The number of aryl methyl sites for hydroxylation is 2. The summed E-state index contributed by atoms with van der Waals surface area (Å²) in [5.41, 5.74) is 2.51. The Morgan fingerprint density at radius 1 is 1.00 bits per heavy atom. The lowest BCUT2D eigenvalue weighted by Gasteiger charge is -2.22. The third kappa shape index (κ3) is 4.98. The molecule has 0 aromatic heterocycles. The molecule has 1 N–H and O–H groups in total. The molecule has 0 saturated heterocycles. The summed E-state index contributed by atoms with van der Waals surface area (Å²) in [6.45, 7) is -0.0263. The van der Waals surface area contributed by atoms with E-state index in [1.54, 1.807) is 0 Å². The monoisotopic (exact) mass is 476 g/mol. The third-order valence-corrected chi connectivity index (χ3v) is 6.99. The lowest BCUT2D eigenvalue weighted by Crippen LogP contribution is -2.31. The molecule has 0 aliphatic heterocycles. The summed E-state index contributed by atoms with van der Waals surface area (Å²) in [6, 6.07) is 13.9. The highest BCUT2D eigenvalue weighted by atomic mass is 32.2. The van der Waals surface area contributed by atoms with Gasteiger partial charge in [0.15, 0.2) is 0 Å². The Kier molecular flexibility index (Phi) is 6.09. The topological polar surface area (TPSA) is 66.5 Å². The van der Waals surface area contributed by atoms with E-state index in [9.17, 15) is 26.4 Å². The Bertz CT molecular complexity index is 1290. The van der Waals surface area contributed by atoms with Gasteiger partial charge in [-0.2, -0.15) is 13.2 Å². The van der Waals surface area contributed by atoms with Crippen LogP contribution in [0.4, 0.5) is 24.5 Å². The number of hydrogen-bond acceptors (Lipinski definition) is 3. The Morgan fingerprint density at radius 3 is 2.30 bits per heavy atom. The molecule has 174 valence electrons. The molecule has 1 aliphatic carbocycles. The van der Waals surface area contributed by atoms with Gasteiger partial charge in [-0.3, -0.25) is 9.10 Å². The molecule has 0 atom stereocenters. The first kappa shape index (κ1) is 23.1. The van der Waals surface area contributed by atoms with Crippen LogP contribution >= 0.6 is 0 Å². The molecule has 0 heterocycles. The molecule has 4 rings (SSSR count). The van der Waals surface area contributed by atoms with E-state index in [0.717, 1.165) is 53.1 Å². The van der Waals surface area contributed by atoms with Crippen molar-refractivity contribution in [2.75, 3.05) is 22.4 Å². The minimum absolute atomic E-state index is 0.0263. The van der Waals surface area contributed by atoms with Gasteiger partial charge in [0.25, 0.3) is 0 Å². The van der Waals surface area contributed by atoms with Gasteiger partial charge in [-0.15, -0.1) is 0 Å². The molecule has 5 nitrogen and oxygen atoms in total. The van der Waals surface area contributed by atoms with Crippen LogP contribution in [0.1, 0.15) is 29.5 Å². The van der Waals surface area contributed by atoms with Gasteiger partial charge in [0.1, 0.15) is 0 Å². The maximum atomic E-state index is 12.8. The maximum Gasteiger partial charge on any atom is 0.416 e. The zero-order chi connectivity index (χ0) is 23.8. The molecule has 3 aromatic carbocycles. The molecule has 0 radical (unpaired) electrons. The Hall–Kier alpha value is -3.07. The highest BCUT2D eigenvalue weighted by Gasteiger charge is 2.30. The number of rotatable bonds is 7. The quantitative estimate of drug-likeness (QED) is 0.513. The number of halogens is 3.